The first kappa shape index (κ1) is 10.6. The van der Waals surface area contributed by atoms with Crippen LogP contribution in [0.2, 0.25) is 0 Å². The van der Waals surface area contributed by atoms with Crippen molar-refractivity contribution >= 4 is 11.0 Å². The van der Waals surface area contributed by atoms with Gasteiger partial charge in [0.15, 0.2) is 5.65 Å². The second-order valence-corrected chi connectivity index (χ2v) is 3.77. The van der Waals surface area contributed by atoms with E-state index in [1.54, 1.807) is 18.2 Å². The number of halogens is 1. The van der Waals surface area contributed by atoms with Crippen molar-refractivity contribution in [3.05, 3.63) is 52.2 Å². The Morgan fingerprint density at radius 3 is 3.00 bits per heavy atom. The van der Waals surface area contributed by atoms with Gasteiger partial charge in [0.2, 0.25) is 0 Å². The summed E-state index contributed by atoms with van der Waals surface area (Å²) in [6.45, 7) is 0.203. The van der Waals surface area contributed by atoms with Gasteiger partial charge in [-0.1, -0.05) is 23.4 Å². The number of H-pyrrole nitrogens is 1. The van der Waals surface area contributed by atoms with Crippen molar-refractivity contribution in [2.75, 3.05) is 0 Å². The lowest BCUT2D eigenvalue weighted by Gasteiger charge is -2.03. The number of nitrogens with one attached hydrogen (secondary N) is 1. The SMILES string of the molecule is O=c1[nH]nnc2c1cnn2Cc1ccccc1F. The minimum absolute atomic E-state index is 0.203. The van der Waals surface area contributed by atoms with Gasteiger partial charge in [-0.3, -0.25) is 4.79 Å². The van der Waals surface area contributed by atoms with Crippen LogP contribution in [-0.2, 0) is 6.54 Å². The summed E-state index contributed by atoms with van der Waals surface area (Å²) in [5, 5.41) is 13.8. The fourth-order valence-corrected chi connectivity index (χ4v) is 1.73. The predicted molar refractivity (Wildman–Crippen MR) is 61.4 cm³/mol. The lowest BCUT2D eigenvalue weighted by Crippen LogP contribution is -2.11. The normalized spacial score (nSPS) is 10.9. The van der Waals surface area contributed by atoms with Gasteiger partial charge in [0, 0.05) is 5.56 Å². The number of fused-ring (bicyclic) bond motifs is 1. The monoisotopic (exact) mass is 245 g/mol. The number of rotatable bonds is 2. The van der Waals surface area contributed by atoms with Crippen LogP contribution >= 0.6 is 0 Å². The molecule has 0 aliphatic heterocycles. The van der Waals surface area contributed by atoms with Gasteiger partial charge in [0.1, 0.15) is 11.2 Å². The Hall–Kier alpha value is -2.57. The fourth-order valence-electron chi connectivity index (χ4n) is 1.73. The molecule has 0 aliphatic rings. The lowest BCUT2D eigenvalue weighted by molar-refractivity contribution is 0.588. The second kappa shape index (κ2) is 4.02. The van der Waals surface area contributed by atoms with Gasteiger partial charge in [0.05, 0.1) is 12.7 Å². The van der Waals surface area contributed by atoms with Crippen molar-refractivity contribution in [1.29, 1.82) is 0 Å². The zero-order chi connectivity index (χ0) is 12.5. The summed E-state index contributed by atoms with van der Waals surface area (Å²) < 4.78 is 15.0. The summed E-state index contributed by atoms with van der Waals surface area (Å²) >= 11 is 0. The maximum atomic E-state index is 13.5. The number of aromatic nitrogens is 5. The molecule has 0 atom stereocenters. The Morgan fingerprint density at radius 1 is 1.33 bits per heavy atom. The van der Waals surface area contributed by atoms with Crippen LogP contribution in [0.5, 0.6) is 0 Å². The first-order valence-electron chi connectivity index (χ1n) is 5.26. The maximum Gasteiger partial charge on any atom is 0.278 e. The zero-order valence-corrected chi connectivity index (χ0v) is 9.17. The second-order valence-electron chi connectivity index (χ2n) is 3.77. The molecule has 2 heterocycles. The standard InChI is InChI=1S/C11H8FN5O/c12-9-4-2-1-3-7(9)6-17-10-8(5-13-17)11(18)15-16-14-10/h1-5H,6H2,(H,14,15,18). The highest BCUT2D eigenvalue weighted by Gasteiger charge is 2.09. The zero-order valence-electron chi connectivity index (χ0n) is 9.17. The van der Waals surface area contributed by atoms with Gasteiger partial charge in [-0.2, -0.15) is 5.10 Å². The van der Waals surface area contributed by atoms with E-state index in [0.717, 1.165) is 0 Å². The Labute approximate surface area is 100 Å². The van der Waals surface area contributed by atoms with Crippen molar-refractivity contribution in [3.63, 3.8) is 0 Å². The molecule has 90 valence electrons. The van der Waals surface area contributed by atoms with Crippen LogP contribution < -0.4 is 5.56 Å². The number of nitrogens with zero attached hydrogens (tertiary/aromatic N) is 4. The number of benzene rings is 1. The van der Waals surface area contributed by atoms with E-state index in [1.165, 1.54) is 16.9 Å². The molecule has 0 bridgehead atoms. The van der Waals surface area contributed by atoms with E-state index in [1.807, 2.05) is 0 Å². The Morgan fingerprint density at radius 2 is 2.17 bits per heavy atom. The third-order valence-electron chi connectivity index (χ3n) is 2.63. The van der Waals surface area contributed by atoms with Crippen LogP contribution in [0, 0.1) is 5.82 Å². The summed E-state index contributed by atoms with van der Waals surface area (Å²) in [5.41, 5.74) is 0.450. The molecule has 1 N–H and O–H groups in total. The Bertz CT molecular complexity index is 763. The third kappa shape index (κ3) is 1.65. The highest BCUT2D eigenvalue weighted by molar-refractivity contribution is 5.72. The molecule has 0 saturated carbocycles. The molecule has 0 unspecified atom stereocenters. The topological polar surface area (TPSA) is 76.5 Å². The van der Waals surface area contributed by atoms with E-state index in [4.69, 9.17) is 0 Å². The average Bonchev–Trinajstić information content (AvgIpc) is 2.77. The van der Waals surface area contributed by atoms with Crippen LogP contribution in [0.15, 0.2) is 35.3 Å². The smallest absolute Gasteiger partial charge is 0.267 e. The molecule has 3 rings (SSSR count). The van der Waals surface area contributed by atoms with Gasteiger partial charge >= 0.3 is 0 Å². The third-order valence-corrected chi connectivity index (χ3v) is 2.63. The van der Waals surface area contributed by atoms with Gasteiger partial charge in [-0.15, -0.1) is 5.10 Å². The van der Waals surface area contributed by atoms with Crippen LogP contribution in [0.25, 0.3) is 11.0 Å². The highest BCUT2D eigenvalue weighted by atomic mass is 19.1. The van der Waals surface area contributed by atoms with E-state index in [2.05, 4.69) is 20.5 Å². The maximum absolute atomic E-state index is 13.5. The van der Waals surface area contributed by atoms with Crippen LogP contribution in [-0.4, -0.2) is 25.2 Å². The molecule has 0 saturated heterocycles. The molecule has 0 radical (unpaired) electrons. The van der Waals surface area contributed by atoms with Crippen molar-refractivity contribution in [2.24, 2.45) is 0 Å². The number of hydrogen-bond donors (Lipinski definition) is 1. The van der Waals surface area contributed by atoms with E-state index >= 15 is 0 Å². The summed E-state index contributed by atoms with van der Waals surface area (Å²) in [6.07, 6.45) is 1.39. The minimum atomic E-state index is -0.361. The molecule has 2 aromatic heterocycles. The predicted octanol–water partition coefficient (Wildman–Crippen LogP) is 0.702. The van der Waals surface area contributed by atoms with Gasteiger partial charge in [0.25, 0.3) is 5.56 Å². The molecule has 18 heavy (non-hydrogen) atoms. The van der Waals surface area contributed by atoms with Crippen LogP contribution in [0.3, 0.4) is 0 Å². The van der Waals surface area contributed by atoms with Crippen molar-refractivity contribution < 1.29 is 4.39 Å². The van der Waals surface area contributed by atoms with Gasteiger partial charge in [-0.05, 0) is 6.07 Å². The van der Waals surface area contributed by atoms with E-state index in [9.17, 15) is 9.18 Å². The minimum Gasteiger partial charge on any atom is -0.267 e. The summed E-state index contributed by atoms with van der Waals surface area (Å²) in [4.78, 5) is 11.4. The molecule has 0 amide bonds. The summed E-state index contributed by atoms with van der Waals surface area (Å²) in [6, 6.07) is 6.39. The molecular weight excluding hydrogens is 237 g/mol. The molecule has 1 aromatic carbocycles. The van der Waals surface area contributed by atoms with Crippen molar-refractivity contribution in [1.82, 2.24) is 25.2 Å². The first-order valence-corrected chi connectivity index (χ1v) is 5.26. The lowest BCUT2D eigenvalue weighted by atomic mass is 10.2. The molecule has 0 fully saturated rings. The average molecular weight is 245 g/mol. The molecule has 0 spiro atoms. The molecule has 6 nitrogen and oxygen atoms in total. The summed E-state index contributed by atoms with van der Waals surface area (Å²) in [7, 11) is 0. The molecular formula is C11H8FN5O. The number of hydrogen-bond acceptors (Lipinski definition) is 4. The fraction of sp³-hybridized carbons (Fsp3) is 0.0909. The van der Waals surface area contributed by atoms with Crippen molar-refractivity contribution in [3.8, 4) is 0 Å². The quantitative estimate of drug-likeness (QED) is 0.721. The molecule has 7 heteroatoms. The van der Waals surface area contributed by atoms with Gasteiger partial charge in [-0.25, -0.2) is 14.2 Å². The Kier molecular flexibility index (Phi) is 2.36. The number of aromatic amines is 1. The van der Waals surface area contributed by atoms with E-state index in [-0.39, 0.29) is 17.9 Å². The van der Waals surface area contributed by atoms with E-state index < -0.39 is 0 Å². The summed E-state index contributed by atoms with van der Waals surface area (Å²) in [5.74, 6) is -0.320. The van der Waals surface area contributed by atoms with E-state index in [0.29, 0.717) is 16.6 Å². The highest BCUT2D eigenvalue weighted by Crippen LogP contribution is 2.11. The molecule has 0 aliphatic carbocycles. The van der Waals surface area contributed by atoms with Gasteiger partial charge < -0.3 is 0 Å². The Balaban J connectivity index is 2.09. The van der Waals surface area contributed by atoms with Crippen molar-refractivity contribution in [2.45, 2.75) is 6.54 Å². The van der Waals surface area contributed by atoms with Crippen LogP contribution in [0.1, 0.15) is 5.56 Å². The van der Waals surface area contributed by atoms with Crippen LogP contribution in [0.4, 0.5) is 4.39 Å². The first-order chi connectivity index (χ1) is 8.75. The molecule has 3 aromatic rings. The largest absolute Gasteiger partial charge is 0.278 e.